The SMILES string of the molecule is Cc1c(N)cccc1-c1cc(Nc2ccc(N3CCOCC3)cn2)c(=O)n(C)c1. The van der Waals surface area contributed by atoms with Gasteiger partial charge in [-0.1, -0.05) is 12.1 Å². The van der Waals surface area contributed by atoms with E-state index in [1.165, 1.54) is 0 Å². The maximum Gasteiger partial charge on any atom is 0.274 e. The van der Waals surface area contributed by atoms with Crippen LogP contribution in [0.5, 0.6) is 0 Å². The highest BCUT2D eigenvalue weighted by Crippen LogP contribution is 2.28. The summed E-state index contributed by atoms with van der Waals surface area (Å²) in [6.07, 6.45) is 3.65. The lowest BCUT2D eigenvalue weighted by molar-refractivity contribution is 0.122. The van der Waals surface area contributed by atoms with Gasteiger partial charge in [0.2, 0.25) is 0 Å². The van der Waals surface area contributed by atoms with Crippen LogP contribution in [0.2, 0.25) is 0 Å². The molecule has 0 saturated carbocycles. The molecule has 0 aliphatic carbocycles. The summed E-state index contributed by atoms with van der Waals surface area (Å²) in [6, 6.07) is 11.5. The van der Waals surface area contributed by atoms with Crippen LogP contribution in [0.25, 0.3) is 11.1 Å². The van der Waals surface area contributed by atoms with Crippen LogP contribution in [-0.2, 0) is 11.8 Å². The number of hydrogen-bond donors (Lipinski definition) is 2. The van der Waals surface area contributed by atoms with Gasteiger partial charge in [-0.3, -0.25) is 4.79 Å². The number of benzene rings is 1. The van der Waals surface area contributed by atoms with Crippen LogP contribution in [0.3, 0.4) is 0 Å². The second-order valence-electron chi connectivity index (χ2n) is 7.20. The van der Waals surface area contributed by atoms with Crippen molar-refractivity contribution in [3.8, 4) is 11.1 Å². The highest BCUT2D eigenvalue weighted by atomic mass is 16.5. The molecule has 3 N–H and O–H groups in total. The Morgan fingerprint density at radius 1 is 1.17 bits per heavy atom. The number of nitrogens with one attached hydrogen (secondary N) is 1. The molecule has 0 radical (unpaired) electrons. The minimum Gasteiger partial charge on any atom is -0.398 e. The summed E-state index contributed by atoms with van der Waals surface area (Å²) >= 11 is 0. The van der Waals surface area contributed by atoms with Crippen LogP contribution in [-0.4, -0.2) is 35.9 Å². The Morgan fingerprint density at radius 3 is 2.69 bits per heavy atom. The van der Waals surface area contributed by atoms with E-state index in [1.54, 1.807) is 11.6 Å². The van der Waals surface area contributed by atoms with E-state index < -0.39 is 0 Å². The van der Waals surface area contributed by atoms with Gasteiger partial charge in [-0.2, -0.15) is 0 Å². The third-order valence-corrected chi connectivity index (χ3v) is 5.26. The average Bonchev–Trinajstić information content (AvgIpc) is 2.74. The number of nitrogens with zero attached hydrogens (tertiary/aromatic N) is 3. The Morgan fingerprint density at radius 2 is 1.97 bits per heavy atom. The van der Waals surface area contributed by atoms with Crippen molar-refractivity contribution >= 4 is 22.9 Å². The quantitative estimate of drug-likeness (QED) is 0.665. The molecule has 1 aliphatic rings. The number of rotatable bonds is 4. The largest absolute Gasteiger partial charge is 0.398 e. The smallest absolute Gasteiger partial charge is 0.274 e. The zero-order valence-electron chi connectivity index (χ0n) is 16.7. The first-order valence-corrected chi connectivity index (χ1v) is 9.65. The van der Waals surface area contributed by atoms with Crippen LogP contribution in [0, 0.1) is 6.92 Å². The molecule has 1 aliphatic heterocycles. The predicted molar refractivity (Wildman–Crippen MR) is 117 cm³/mol. The summed E-state index contributed by atoms with van der Waals surface area (Å²) in [6.45, 7) is 5.15. The fourth-order valence-corrected chi connectivity index (χ4v) is 3.52. The lowest BCUT2D eigenvalue weighted by atomic mass is 10.0. The zero-order chi connectivity index (χ0) is 20.4. The molecule has 0 amide bonds. The fraction of sp³-hybridized carbons (Fsp3) is 0.273. The number of aromatic nitrogens is 2. The van der Waals surface area contributed by atoms with Gasteiger partial charge in [0.25, 0.3) is 5.56 Å². The number of pyridine rings is 2. The maximum atomic E-state index is 12.6. The van der Waals surface area contributed by atoms with Crippen molar-refractivity contribution in [2.45, 2.75) is 6.92 Å². The molecular formula is C22H25N5O2. The molecule has 0 spiro atoms. The number of hydrogen-bond acceptors (Lipinski definition) is 6. The Balaban J connectivity index is 1.62. The summed E-state index contributed by atoms with van der Waals surface area (Å²) in [5.41, 5.74) is 11.1. The Kier molecular flexibility index (Phi) is 5.22. The molecule has 7 heteroatoms. The van der Waals surface area contributed by atoms with Crippen molar-refractivity contribution in [3.05, 3.63) is 64.7 Å². The van der Waals surface area contributed by atoms with Gasteiger partial charge in [-0.25, -0.2) is 4.98 Å². The number of anilines is 4. The highest BCUT2D eigenvalue weighted by Gasteiger charge is 2.13. The maximum absolute atomic E-state index is 12.6. The summed E-state index contributed by atoms with van der Waals surface area (Å²) in [7, 11) is 1.74. The molecule has 0 bridgehead atoms. The normalized spacial score (nSPS) is 14.1. The van der Waals surface area contributed by atoms with Crippen molar-refractivity contribution in [2.75, 3.05) is 42.3 Å². The molecule has 0 unspecified atom stereocenters. The Labute approximate surface area is 169 Å². The topological polar surface area (TPSA) is 85.4 Å². The van der Waals surface area contributed by atoms with Gasteiger partial charge in [0.05, 0.1) is 25.1 Å². The van der Waals surface area contributed by atoms with Crippen molar-refractivity contribution < 1.29 is 4.74 Å². The monoisotopic (exact) mass is 391 g/mol. The van der Waals surface area contributed by atoms with Crippen molar-refractivity contribution in [1.82, 2.24) is 9.55 Å². The summed E-state index contributed by atoms with van der Waals surface area (Å²) < 4.78 is 6.96. The molecular weight excluding hydrogens is 366 g/mol. The van der Waals surface area contributed by atoms with Crippen molar-refractivity contribution in [3.63, 3.8) is 0 Å². The first-order chi connectivity index (χ1) is 14.0. The molecule has 3 aromatic rings. The van der Waals surface area contributed by atoms with E-state index >= 15 is 0 Å². The van der Waals surface area contributed by atoms with Crippen LogP contribution in [0.1, 0.15) is 5.56 Å². The van der Waals surface area contributed by atoms with Gasteiger partial charge in [0.15, 0.2) is 0 Å². The number of ether oxygens (including phenoxy) is 1. The standard InChI is InChI=1S/C22H25N5O2/c1-15-18(4-3-5-19(15)23)16-12-20(22(28)26(2)14-16)25-21-7-6-17(13-24-21)27-8-10-29-11-9-27/h3-7,12-14H,8-11,23H2,1-2H3,(H,24,25). The van der Waals surface area contributed by atoms with Gasteiger partial charge in [0.1, 0.15) is 11.5 Å². The van der Waals surface area contributed by atoms with Crippen LogP contribution in [0.4, 0.5) is 22.9 Å². The van der Waals surface area contributed by atoms with Gasteiger partial charge >= 0.3 is 0 Å². The van der Waals surface area contributed by atoms with Crippen molar-refractivity contribution in [1.29, 1.82) is 0 Å². The highest BCUT2D eigenvalue weighted by molar-refractivity contribution is 5.75. The Hall–Kier alpha value is -3.32. The van der Waals surface area contributed by atoms with Crippen molar-refractivity contribution in [2.24, 2.45) is 7.05 Å². The van der Waals surface area contributed by atoms with Gasteiger partial charge < -0.3 is 25.3 Å². The van der Waals surface area contributed by atoms with E-state index in [9.17, 15) is 4.79 Å². The first-order valence-electron chi connectivity index (χ1n) is 9.65. The number of nitrogen functional groups attached to an aromatic ring is 1. The van der Waals surface area contributed by atoms with Crippen LogP contribution >= 0.6 is 0 Å². The van der Waals surface area contributed by atoms with E-state index in [-0.39, 0.29) is 5.56 Å². The summed E-state index contributed by atoms with van der Waals surface area (Å²) in [5, 5.41) is 3.17. The minimum absolute atomic E-state index is 0.116. The second-order valence-corrected chi connectivity index (χ2v) is 7.20. The minimum atomic E-state index is -0.116. The molecule has 0 atom stereocenters. The van der Waals surface area contributed by atoms with E-state index in [0.29, 0.717) is 11.5 Å². The predicted octanol–water partition coefficient (Wildman–Crippen LogP) is 2.92. The Bertz CT molecular complexity index is 1070. The molecule has 1 saturated heterocycles. The molecule has 150 valence electrons. The molecule has 3 heterocycles. The van der Waals surface area contributed by atoms with Crippen LogP contribution in [0.15, 0.2) is 53.6 Å². The number of nitrogens with two attached hydrogens (primary N) is 1. The van der Waals surface area contributed by atoms with Crippen LogP contribution < -0.4 is 21.5 Å². The summed E-state index contributed by atoms with van der Waals surface area (Å²) in [4.78, 5) is 19.4. The fourth-order valence-electron chi connectivity index (χ4n) is 3.52. The summed E-state index contributed by atoms with van der Waals surface area (Å²) in [5.74, 6) is 0.626. The molecule has 4 rings (SSSR count). The van der Waals surface area contributed by atoms with Gasteiger partial charge in [-0.05, 0) is 42.3 Å². The average molecular weight is 391 g/mol. The van der Waals surface area contributed by atoms with Gasteiger partial charge in [-0.15, -0.1) is 0 Å². The van der Waals surface area contributed by atoms with Gasteiger partial charge in [0, 0.05) is 37.6 Å². The number of morpholine rings is 1. The third-order valence-electron chi connectivity index (χ3n) is 5.26. The first kappa shape index (κ1) is 19.0. The molecule has 29 heavy (non-hydrogen) atoms. The molecule has 1 aromatic carbocycles. The van der Waals surface area contributed by atoms with E-state index in [0.717, 1.165) is 54.4 Å². The van der Waals surface area contributed by atoms with E-state index in [4.69, 9.17) is 10.5 Å². The lowest BCUT2D eigenvalue weighted by Gasteiger charge is -2.28. The van der Waals surface area contributed by atoms with E-state index in [2.05, 4.69) is 15.2 Å². The number of aryl methyl sites for hydroxylation is 1. The molecule has 2 aromatic heterocycles. The molecule has 7 nitrogen and oxygen atoms in total. The zero-order valence-corrected chi connectivity index (χ0v) is 16.7. The lowest BCUT2D eigenvalue weighted by Crippen LogP contribution is -2.36. The second kappa shape index (κ2) is 7.97. The molecule has 1 fully saturated rings. The van der Waals surface area contributed by atoms with E-state index in [1.807, 2.05) is 55.7 Å². The third kappa shape index (κ3) is 3.95.